The van der Waals surface area contributed by atoms with Crippen LogP contribution in [0.5, 0.6) is 0 Å². The molecule has 8 rings (SSSR count). The van der Waals surface area contributed by atoms with E-state index in [4.69, 9.17) is 9.73 Å². The molecule has 0 saturated carbocycles. The number of aliphatic imine (C=N–C) groups is 2. The predicted octanol–water partition coefficient (Wildman–Crippen LogP) is 7.86. The number of allylic oxidation sites excluding steroid dienone is 5. The Morgan fingerprint density at radius 1 is 1.04 bits per heavy atom. The van der Waals surface area contributed by atoms with Crippen molar-refractivity contribution >= 4 is 23.6 Å². The van der Waals surface area contributed by atoms with Crippen LogP contribution < -0.4 is 4.90 Å². The summed E-state index contributed by atoms with van der Waals surface area (Å²) >= 11 is 0. The number of esters is 1. The Kier molecular flexibility index (Phi) is 8.37. The van der Waals surface area contributed by atoms with E-state index in [0.29, 0.717) is 24.8 Å². The molecule has 0 radical (unpaired) electrons. The molecule has 6 heteroatoms. The van der Waals surface area contributed by atoms with Gasteiger partial charge in [-0.1, -0.05) is 73.7 Å². The molecular weight excluding hydrogens is 592 g/mol. The van der Waals surface area contributed by atoms with Crippen LogP contribution in [0.2, 0.25) is 0 Å². The number of nitrogens with zero attached hydrogens (tertiary/aromatic N) is 4. The Bertz CT molecular complexity index is 1800. The second-order valence-corrected chi connectivity index (χ2v) is 14.0. The molecule has 0 N–H and O–H groups in total. The standard InChI is InChI=1S/C42H46N4O2/c1-3-45-23-19-34-36-25-31(14-16-39(36)46(4-2)40(34)27-45)32-24-33-12-8-9-20-42(33)37(26-32)35-18-22-43-21-17-30(13-15-38(35)44-42)41(47)48-28-29-10-6-5-7-11-29/h5-12,14,16,18,20-22,24-25,30,32,34,40H,3-4,13,15,17,19,23,26-28H2,1-2H3. The molecule has 4 aliphatic heterocycles. The van der Waals surface area contributed by atoms with E-state index in [1.54, 1.807) is 5.56 Å². The number of fused-ring (bicyclic) bond motifs is 4. The van der Waals surface area contributed by atoms with Gasteiger partial charge in [-0.15, -0.1) is 0 Å². The summed E-state index contributed by atoms with van der Waals surface area (Å²) < 4.78 is 5.77. The number of piperidine rings is 1. The van der Waals surface area contributed by atoms with Crippen LogP contribution in [0.3, 0.4) is 0 Å². The fraction of sp³-hybridized carbons (Fsp3) is 0.405. The number of carbonyl (C=O) groups is 1. The third kappa shape index (κ3) is 5.44. The van der Waals surface area contributed by atoms with Gasteiger partial charge in [0.05, 0.1) is 5.92 Å². The van der Waals surface area contributed by atoms with Crippen LogP contribution in [0.4, 0.5) is 5.69 Å². The molecule has 5 unspecified atom stereocenters. The van der Waals surface area contributed by atoms with Gasteiger partial charge in [-0.3, -0.25) is 14.8 Å². The number of hydrogen-bond donors (Lipinski definition) is 0. The van der Waals surface area contributed by atoms with Crippen molar-refractivity contribution in [3.63, 3.8) is 0 Å². The van der Waals surface area contributed by atoms with Crippen molar-refractivity contribution in [1.29, 1.82) is 0 Å². The number of benzene rings is 2. The lowest BCUT2D eigenvalue weighted by atomic mass is 9.69. The summed E-state index contributed by atoms with van der Waals surface area (Å²) in [5.74, 6) is 0.444. The maximum Gasteiger partial charge on any atom is 0.309 e. The molecule has 2 aromatic carbocycles. The minimum absolute atomic E-state index is 0.166. The van der Waals surface area contributed by atoms with Gasteiger partial charge in [0.15, 0.2) is 0 Å². The van der Waals surface area contributed by atoms with E-state index < -0.39 is 5.54 Å². The van der Waals surface area contributed by atoms with E-state index >= 15 is 0 Å². The highest BCUT2D eigenvalue weighted by molar-refractivity contribution is 6.07. The number of carbonyl (C=O) groups excluding carboxylic acids is 1. The van der Waals surface area contributed by atoms with Crippen molar-refractivity contribution in [2.75, 3.05) is 31.1 Å². The van der Waals surface area contributed by atoms with Crippen LogP contribution in [-0.2, 0) is 16.1 Å². The van der Waals surface area contributed by atoms with Gasteiger partial charge in [-0.25, -0.2) is 0 Å². The molecule has 1 fully saturated rings. The SMILES string of the molecule is CCN1CCC2c3cc(C4C=C5C=CC=CC56N=C5CCC(C(=O)OCc7ccccc7)CC=NC=CC5=C6C4)ccc3N(CC)C2C1. The van der Waals surface area contributed by atoms with Gasteiger partial charge in [-0.05, 0) is 104 Å². The van der Waals surface area contributed by atoms with Gasteiger partial charge in [-0.2, -0.15) is 0 Å². The average molecular weight is 639 g/mol. The van der Waals surface area contributed by atoms with E-state index in [0.717, 1.165) is 43.8 Å². The zero-order chi connectivity index (χ0) is 32.7. The summed E-state index contributed by atoms with van der Waals surface area (Å²) in [6, 6.07) is 17.8. The molecule has 0 amide bonds. The van der Waals surface area contributed by atoms with Gasteiger partial charge in [0, 0.05) is 54.8 Å². The van der Waals surface area contributed by atoms with Gasteiger partial charge >= 0.3 is 5.97 Å². The normalized spacial score (nSPS) is 29.0. The molecule has 4 heterocycles. The minimum atomic E-state index is -0.477. The lowest BCUT2D eigenvalue weighted by Gasteiger charge is -2.38. The molecule has 1 saturated heterocycles. The molecule has 6 nitrogen and oxygen atoms in total. The van der Waals surface area contributed by atoms with Crippen LogP contribution in [0.25, 0.3) is 0 Å². The highest BCUT2D eigenvalue weighted by Gasteiger charge is 2.47. The molecular formula is C42H46N4O2. The van der Waals surface area contributed by atoms with E-state index in [9.17, 15) is 4.79 Å². The van der Waals surface area contributed by atoms with E-state index in [2.05, 4.69) is 83.3 Å². The first kappa shape index (κ1) is 31.0. The van der Waals surface area contributed by atoms with Crippen LogP contribution in [0, 0.1) is 5.92 Å². The zero-order valence-electron chi connectivity index (χ0n) is 28.2. The molecule has 48 heavy (non-hydrogen) atoms. The van der Waals surface area contributed by atoms with Gasteiger partial charge < -0.3 is 14.5 Å². The van der Waals surface area contributed by atoms with E-state index in [1.807, 2.05) is 42.7 Å². The monoisotopic (exact) mass is 638 g/mol. The van der Waals surface area contributed by atoms with E-state index in [-0.39, 0.29) is 24.4 Å². The summed E-state index contributed by atoms with van der Waals surface area (Å²) in [6.45, 7) is 9.40. The van der Waals surface area contributed by atoms with Crippen LogP contribution in [0.15, 0.2) is 118 Å². The fourth-order valence-electron chi connectivity index (χ4n) is 8.98. The van der Waals surface area contributed by atoms with Crippen molar-refractivity contribution in [2.45, 2.75) is 76.0 Å². The second kappa shape index (κ2) is 13.0. The molecule has 2 aromatic rings. The van der Waals surface area contributed by atoms with Crippen molar-refractivity contribution in [3.05, 3.63) is 125 Å². The van der Waals surface area contributed by atoms with Crippen molar-refractivity contribution < 1.29 is 9.53 Å². The summed E-state index contributed by atoms with van der Waals surface area (Å²) in [4.78, 5) is 28.6. The Morgan fingerprint density at radius 3 is 2.79 bits per heavy atom. The molecule has 1 spiro atoms. The van der Waals surface area contributed by atoms with Gasteiger partial charge in [0.25, 0.3) is 0 Å². The summed E-state index contributed by atoms with van der Waals surface area (Å²) in [5, 5.41) is 0. The third-order valence-electron chi connectivity index (χ3n) is 11.5. The number of anilines is 1. The topological polar surface area (TPSA) is 57.5 Å². The van der Waals surface area contributed by atoms with Gasteiger partial charge in [0.1, 0.15) is 12.1 Å². The Morgan fingerprint density at radius 2 is 1.94 bits per heavy atom. The number of ether oxygens (including phenoxy) is 1. The Hall–Kier alpha value is -4.29. The maximum atomic E-state index is 13.3. The van der Waals surface area contributed by atoms with Crippen molar-refractivity contribution in [3.8, 4) is 0 Å². The summed E-state index contributed by atoms with van der Waals surface area (Å²) in [5.41, 5.74) is 9.76. The fourth-order valence-corrected chi connectivity index (χ4v) is 8.98. The van der Waals surface area contributed by atoms with Crippen LogP contribution >= 0.6 is 0 Å². The zero-order valence-corrected chi connectivity index (χ0v) is 28.2. The lowest BCUT2D eigenvalue weighted by molar-refractivity contribution is -0.149. The first-order valence-corrected chi connectivity index (χ1v) is 18.0. The van der Waals surface area contributed by atoms with E-state index in [1.165, 1.54) is 40.9 Å². The molecule has 0 bridgehead atoms. The lowest BCUT2D eigenvalue weighted by Crippen LogP contribution is -2.48. The first-order chi connectivity index (χ1) is 23.6. The summed E-state index contributed by atoms with van der Waals surface area (Å²) in [6.07, 6.45) is 21.3. The minimum Gasteiger partial charge on any atom is -0.461 e. The predicted molar refractivity (Wildman–Crippen MR) is 195 cm³/mol. The Balaban J connectivity index is 1.08. The Labute approximate surface area is 285 Å². The molecule has 6 aliphatic rings. The molecule has 246 valence electrons. The molecule has 2 aliphatic carbocycles. The smallest absolute Gasteiger partial charge is 0.309 e. The summed E-state index contributed by atoms with van der Waals surface area (Å²) in [7, 11) is 0. The van der Waals surface area contributed by atoms with Crippen LogP contribution in [0.1, 0.15) is 74.5 Å². The first-order valence-electron chi connectivity index (χ1n) is 18.0. The second-order valence-electron chi connectivity index (χ2n) is 14.0. The number of likely N-dealkylation sites (tertiary alicyclic amines) is 1. The third-order valence-corrected chi connectivity index (χ3v) is 11.5. The number of likely N-dealkylation sites (N-methyl/N-ethyl adjacent to an activating group) is 2. The van der Waals surface area contributed by atoms with Crippen molar-refractivity contribution in [2.24, 2.45) is 15.9 Å². The highest BCUT2D eigenvalue weighted by Crippen LogP contribution is 2.52. The average Bonchev–Trinajstić information content (AvgIpc) is 3.61. The number of hydrogen-bond acceptors (Lipinski definition) is 6. The maximum absolute atomic E-state index is 13.3. The quantitative estimate of drug-likeness (QED) is 0.302. The molecule has 0 aromatic heterocycles. The highest BCUT2D eigenvalue weighted by atomic mass is 16.5. The largest absolute Gasteiger partial charge is 0.461 e. The number of rotatable bonds is 6. The van der Waals surface area contributed by atoms with Gasteiger partial charge in [0.2, 0.25) is 0 Å². The van der Waals surface area contributed by atoms with Crippen molar-refractivity contribution in [1.82, 2.24) is 4.90 Å². The molecule has 5 atom stereocenters. The van der Waals surface area contributed by atoms with Crippen LogP contribution in [-0.4, -0.2) is 60.6 Å².